The Balaban J connectivity index is 1.62. The summed E-state index contributed by atoms with van der Waals surface area (Å²) < 4.78 is 1.31. The van der Waals surface area contributed by atoms with Crippen molar-refractivity contribution in [3.63, 3.8) is 0 Å². The van der Waals surface area contributed by atoms with Crippen LogP contribution in [0.4, 0.5) is 0 Å². The van der Waals surface area contributed by atoms with Crippen molar-refractivity contribution >= 4 is 15.9 Å². The third-order valence-electron chi connectivity index (χ3n) is 5.07. The number of nitrogens with zero attached hydrogens (tertiary/aromatic N) is 1. The van der Waals surface area contributed by atoms with E-state index in [-0.39, 0.29) is 0 Å². The third-order valence-corrected chi connectivity index (χ3v) is 5.82. The Morgan fingerprint density at radius 1 is 1.25 bits per heavy atom. The minimum Gasteiger partial charge on any atom is -0.320 e. The predicted molar refractivity (Wildman–Crippen MR) is 88.0 cm³/mol. The maximum atomic E-state index is 3.71. The molecule has 1 heterocycles. The fourth-order valence-electron chi connectivity index (χ4n) is 3.87. The number of hydrogen-bond donors (Lipinski definition) is 1. The summed E-state index contributed by atoms with van der Waals surface area (Å²) in [4.78, 5) is 2.73. The van der Waals surface area contributed by atoms with E-state index in [9.17, 15) is 0 Å². The van der Waals surface area contributed by atoms with E-state index in [1.807, 2.05) is 0 Å². The van der Waals surface area contributed by atoms with Crippen molar-refractivity contribution < 1.29 is 0 Å². The first-order valence-corrected chi connectivity index (χ1v) is 8.75. The second-order valence-electron chi connectivity index (χ2n) is 6.23. The van der Waals surface area contributed by atoms with E-state index in [0.29, 0.717) is 6.04 Å². The zero-order valence-corrected chi connectivity index (χ0v) is 14.0. The molecule has 2 aliphatic rings. The Bertz CT molecular complexity index is 452. The zero-order chi connectivity index (χ0) is 13.9. The highest BCUT2D eigenvalue weighted by Gasteiger charge is 2.31. The summed E-state index contributed by atoms with van der Waals surface area (Å²) >= 11 is 3.71. The van der Waals surface area contributed by atoms with Crippen molar-refractivity contribution in [2.75, 3.05) is 26.7 Å². The van der Waals surface area contributed by atoms with E-state index >= 15 is 0 Å². The molecule has 1 unspecified atom stereocenters. The van der Waals surface area contributed by atoms with Gasteiger partial charge in [0, 0.05) is 10.5 Å². The van der Waals surface area contributed by atoms with Crippen LogP contribution >= 0.6 is 15.9 Å². The van der Waals surface area contributed by atoms with Crippen LogP contribution in [0, 0.1) is 5.92 Å². The van der Waals surface area contributed by atoms with E-state index < -0.39 is 0 Å². The molecule has 0 aromatic heterocycles. The van der Waals surface area contributed by atoms with Crippen LogP contribution in [-0.4, -0.2) is 31.6 Å². The van der Waals surface area contributed by atoms with Gasteiger partial charge in [0.1, 0.15) is 0 Å². The topological polar surface area (TPSA) is 15.3 Å². The Kier molecular flexibility index (Phi) is 4.79. The van der Waals surface area contributed by atoms with Gasteiger partial charge in [0.2, 0.25) is 0 Å². The Labute approximate surface area is 131 Å². The molecule has 1 saturated heterocycles. The fraction of sp³-hybridized carbons (Fsp3) is 0.647. The third kappa shape index (κ3) is 2.95. The van der Waals surface area contributed by atoms with Crippen LogP contribution in [0.2, 0.25) is 0 Å². The lowest BCUT2D eigenvalue weighted by Crippen LogP contribution is -2.36. The van der Waals surface area contributed by atoms with Crippen LogP contribution in [0.3, 0.4) is 0 Å². The molecule has 1 aliphatic heterocycles. The molecule has 2 nitrogen and oxygen atoms in total. The van der Waals surface area contributed by atoms with Crippen LogP contribution in [-0.2, 0) is 6.42 Å². The number of piperidine rings is 1. The summed E-state index contributed by atoms with van der Waals surface area (Å²) in [7, 11) is 2.06. The average Bonchev–Trinajstić information content (AvgIpc) is 2.91. The lowest BCUT2D eigenvalue weighted by molar-refractivity contribution is 0.129. The van der Waals surface area contributed by atoms with Crippen LogP contribution in [0.1, 0.15) is 42.9 Å². The Morgan fingerprint density at radius 3 is 2.80 bits per heavy atom. The standard InChI is InChI=1S/C17H25BrN2/c1-19-10-7-13-8-11-20(12-9-13)17-6-5-14-15(17)3-2-4-16(14)18/h2-4,13,17,19H,5-12H2,1H3. The lowest BCUT2D eigenvalue weighted by Gasteiger charge is -2.36. The maximum absolute atomic E-state index is 3.71. The van der Waals surface area contributed by atoms with Crippen molar-refractivity contribution in [2.24, 2.45) is 5.92 Å². The normalized spacial score (nSPS) is 24.0. The van der Waals surface area contributed by atoms with Gasteiger partial charge in [0.05, 0.1) is 0 Å². The molecule has 1 aromatic rings. The van der Waals surface area contributed by atoms with Gasteiger partial charge in [-0.25, -0.2) is 0 Å². The van der Waals surface area contributed by atoms with Gasteiger partial charge in [-0.1, -0.05) is 28.1 Å². The molecule has 1 aromatic carbocycles. The minimum absolute atomic E-state index is 0.674. The van der Waals surface area contributed by atoms with E-state index in [0.717, 1.165) is 5.92 Å². The quantitative estimate of drug-likeness (QED) is 0.900. The summed E-state index contributed by atoms with van der Waals surface area (Å²) in [5.41, 5.74) is 3.13. The second kappa shape index (κ2) is 6.59. The van der Waals surface area contributed by atoms with Gasteiger partial charge < -0.3 is 5.32 Å². The highest BCUT2D eigenvalue weighted by Crippen LogP contribution is 2.40. The van der Waals surface area contributed by atoms with Crippen LogP contribution < -0.4 is 5.32 Å². The minimum atomic E-state index is 0.674. The fourth-order valence-corrected chi connectivity index (χ4v) is 4.45. The molecule has 1 atom stereocenters. The molecule has 0 amide bonds. The molecule has 0 bridgehead atoms. The molecule has 3 heteroatoms. The van der Waals surface area contributed by atoms with Gasteiger partial charge >= 0.3 is 0 Å². The monoisotopic (exact) mass is 336 g/mol. The number of nitrogens with one attached hydrogen (secondary N) is 1. The van der Waals surface area contributed by atoms with Crippen molar-refractivity contribution in [3.8, 4) is 0 Å². The van der Waals surface area contributed by atoms with E-state index in [1.165, 1.54) is 56.2 Å². The molecule has 3 rings (SSSR count). The molecule has 1 aliphatic carbocycles. The molecule has 1 fully saturated rings. The number of benzene rings is 1. The van der Waals surface area contributed by atoms with Gasteiger partial charge in [-0.05, 0) is 81.9 Å². The number of hydrogen-bond acceptors (Lipinski definition) is 2. The molecule has 0 saturated carbocycles. The van der Waals surface area contributed by atoms with Gasteiger partial charge in [0.15, 0.2) is 0 Å². The first-order chi connectivity index (χ1) is 9.79. The molecule has 110 valence electrons. The van der Waals surface area contributed by atoms with Crippen LogP contribution in [0.5, 0.6) is 0 Å². The van der Waals surface area contributed by atoms with Gasteiger partial charge in [-0.2, -0.15) is 0 Å². The molecule has 0 spiro atoms. The van der Waals surface area contributed by atoms with Crippen molar-refractivity contribution in [3.05, 3.63) is 33.8 Å². The molecule has 0 radical (unpaired) electrons. The van der Waals surface area contributed by atoms with Crippen molar-refractivity contribution in [1.29, 1.82) is 0 Å². The molecular formula is C17H25BrN2. The molecule has 1 N–H and O–H groups in total. The van der Waals surface area contributed by atoms with Crippen LogP contribution in [0.15, 0.2) is 22.7 Å². The Hall–Kier alpha value is -0.380. The first kappa shape index (κ1) is 14.6. The lowest BCUT2D eigenvalue weighted by atomic mass is 9.92. The summed E-state index contributed by atoms with van der Waals surface area (Å²) in [5, 5.41) is 3.28. The number of likely N-dealkylation sites (tertiary alicyclic amines) is 1. The highest BCUT2D eigenvalue weighted by molar-refractivity contribution is 9.10. The number of halogens is 1. The molecular weight excluding hydrogens is 312 g/mol. The van der Waals surface area contributed by atoms with Gasteiger partial charge in [-0.15, -0.1) is 0 Å². The van der Waals surface area contributed by atoms with Crippen LogP contribution in [0.25, 0.3) is 0 Å². The SMILES string of the molecule is CNCCC1CCN(C2CCc3c(Br)cccc32)CC1. The summed E-state index contributed by atoms with van der Waals surface area (Å²) in [6, 6.07) is 7.39. The maximum Gasteiger partial charge on any atom is 0.0354 e. The van der Waals surface area contributed by atoms with Crippen molar-refractivity contribution in [1.82, 2.24) is 10.2 Å². The summed E-state index contributed by atoms with van der Waals surface area (Å²) in [5.74, 6) is 0.932. The zero-order valence-electron chi connectivity index (χ0n) is 12.4. The first-order valence-electron chi connectivity index (χ1n) is 7.95. The highest BCUT2D eigenvalue weighted by atomic mass is 79.9. The number of rotatable bonds is 4. The second-order valence-corrected chi connectivity index (χ2v) is 7.09. The van der Waals surface area contributed by atoms with Gasteiger partial charge in [-0.3, -0.25) is 4.90 Å². The Morgan fingerprint density at radius 2 is 2.05 bits per heavy atom. The van der Waals surface area contributed by atoms with E-state index in [1.54, 1.807) is 11.1 Å². The van der Waals surface area contributed by atoms with Crippen molar-refractivity contribution in [2.45, 2.75) is 38.1 Å². The predicted octanol–water partition coefficient (Wildman–Crippen LogP) is 3.76. The smallest absolute Gasteiger partial charge is 0.0354 e. The average molecular weight is 337 g/mol. The summed E-state index contributed by atoms with van der Waals surface area (Å²) in [6.07, 6.45) is 6.64. The summed E-state index contributed by atoms with van der Waals surface area (Å²) in [6.45, 7) is 3.74. The number of fused-ring (bicyclic) bond motifs is 1. The molecule has 20 heavy (non-hydrogen) atoms. The van der Waals surface area contributed by atoms with Gasteiger partial charge in [0.25, 0.3) is 0 Å². The van der Waals surface area contributed by atoms with E-state index in [4.69, 9.17) is 0 Å². The largest absolute Gasteiger partial charge is 0.320 e. The van der Waals surface area contributed by atoms with E-state index in [2.05, 4.69) is 51.4 Å².